The minimum absolute atomic E-state index is 0.131. The lowest BCUT2D eigenvalue weighted by Gasteiger charge is -2.14. The third-order valence-corrected chi connectivity index (χ3v) is 2.62. The Morgan fingerprint density at radius 1 is 1.54 bits per heavy atom. The van der Waals surface area contributed by atoms with Gasteiger partial charge in [0.15, 0.2) is 0 Å². The molecule has 0 saturated heterocycles. The number of rotatable bonds is 7. The van der Waals surface area contributed by atoms with E-state index in [4.69, 9.17) is 0 Å². The number of likely N-dealkylation sites (N-methyl/N-ethyl adjacent to an activating group) is 1. The van der Waals surface area contributed by atoms with Crippen molar-refractivity contribution in [1.29, 1.82) is 0 Å². The molecule has 78 valence electrons. The summed E-state index contributed by atoms with van der Waals surface area (Å²) >= 11 is 1.84. The largest absolute Gasteiger partial charge is 0.468 e. The molecule has 0 aromatic carbocycles. The average Bonchev–Trinajstić information content (AvgIpc) is 2.16. The summed E-state index contributed by atoms with van der Waals surface area (Å²) in [5.41, 5.74) is 0. The van der Waals surface area contributed by atoms with Crippen molar-refractivity contribution in [3.05, 3.63) is 0 Å². The zero-order valence-electron chi connectivity index (χ0n) is 8.63. The van der Waals surface area contributed by atoms with E-state index in [-0.39, 0.29) is 12.0 Å². The fourth-order valence-corrected chi connectivity index (χ4v) is 1.73. The van der Waals surface area contributed by atoms with Crippen molar-refractivity contribution < 1.29 is 9.53 Å². The maximum absolute atomic E-state index is 11.2. The monoisotopic (exact) mass is 205 g/mol. The molecule has 1 N–H and O–H groups in total. The molecule has 0 heterocycles. The molecule has 0 aliphatic carbocycles. The lowest BCUT2D eigenvalue weighted by atomic mass is 10.2. The molecule has 1 unspecified atom stereocenters. The number of thioether (sulfide) groups is 1. The second-order valence-electron chi connectivity index (χ2n) is 2.62. The number of methoxy groups -OCH3 is 1. The van der Waals surface area contributed by atoms with Gasteiger partial charge in [-0.3, -0.25) is 4.79 Å². The van der Waals surface area contributed by atoms with Gasteiger partial charge in [0.2, 0.25) is 0 Å². The zero-order valence-corrected chi connectivity index (χ0v) is 9.45. The molecule has 0 bridgehead atoms. The molecule has 0 aromatic rings. The molecule has 4 heteroatoms. The first-order valence-electron chi connectivity index (χ1n) is 4.65. The molecule has 1 atom stereocenters. The quantitative estimate of drug-likeness (QED) is 0.502. The third-order valence-electron chi connectivity index (χ3n) is 1.69. The molecule has 13 heavy (non-hydrogen) atoms. The maximum atomic E-state index is 11.2. The summed E-state index contributed by atoms with van der Waals surface area (Å²) in [5, 5.41) is 3.10. The summed E-state index contributed by atoms with van der Waals surface area (Å²) in [6.07, 6.45) is 0.846. The van der Waals surface area contributed by atoms with Crippen LogP contribution in [-0.4, -0.2) is 37.2 Å². The lowest BCUT2D eigenvalue weighted by molar-refractivity contribution is -0.143. The molecular weight excluding hydrogens is 186 g/mol. The molecule has 0 fully saturated rings. The van der Waals surface area contributed by atoms with Crippen molar-refractivity contribution in [3.63, 3.8) is 0 Å². The van der Waals surface area contributed by atoms with Gasteiger partial charge in [-0.2, -0.15) is 11.8 Å². The van der Waals surface area contributed by atoms with Crippen molar-refractivity contribution in [3.8, 4) is 0 Å². The molecule has 0 amide bonds. The molecule has 0 radical (unpaired) electrons. The van der Waals surface area contributed by atoms with Crippen LogP contribution in [0, 0.1) is 0 Å². The fourth-order valence-electron chi connectivity index (χ4n) is 1.04. The first-order chi connectivity index (χ1) is 6.26. The van der Waals surface area contributed by atoms with E-state index in [1.54, 1.807) is 0 Å². The van der Waals surface area contributed by atoms with Crippen LogP contribution in [0.5, 0.6) is 0 Å². The van der Waals surface area contributed by atoms with Crippen molar-refractivity contribution in [2.45, 2.75) is 26.3 Å². The second-order valence-corrected chi connectivity index (χ2v) is 4.01. The summed E-state index contributed by atoms with van der Waals surface area (Å²) in [5.74, 6) is 1.95. The predicted molar refractivity (Wildman–Crippen MR) is 57.1 cm³/mol. The van der Waals surface area contributed by atoms with Gasteiger partial charge in [-0.25, -0.2) is 0 Å². The van der Waals surface area contributed by atoms with E-state index in [1.165, 1.54) is 7.11 Å². The standard InChI is InChI=1S/C9H19NO2S/c1-4-10-8(9(11)12-3)6-7-13-5-2/h8,10H,4-7H2,1-3H3. The van der Waals surface area contributed by atoms with Crippen molar-refractivity contribution >= 4 is 17.7 Å². The summed E-state index contributed by atoms with van der Waals surface area (Å²) < 4.78 is 4.68. The molecule has 0 aliphatic heterocycles. The molecule has 0 aromatic heterocycles. The van der Waals surface area contributed by atoms with Gasteiger partial charge in [-0.05, 0) is 24.5 Å². The highest BCUT2D eigenvalue weighted by Crippen LogP contribution is 2.05. The van der Waals surface area contributed by atoms with Crippen molar-refractivity contribution in [1.82, 2.24) is 5.32 Å². The Bertz CT molecular complexity index is 142. The minimum atomic E-state index is -0.154. The third kappa shape index (κ3) is 5.93. The molecule has 0 rings (SSSR count). The SMILES string of the molecule is CCNC(CCSCC)C(=O)OC. The van der Waals surface area contributed by atoms with E-state index in [0.29, 0.717) is 0 Å². The van der Waals surface area contributed by atoms with Gasteiger partial charge in [-0.1, -0.05) is 13.8 Å². The first kappa shape index (κ1) is 12.8. The van der Waals surface area contributed by atoms with E-state index in [9.17, 15) is 4.79 Å². The second kappa shape index (κ2) is 8.38. The van der Waals surface area contributed by atoms with Gasteiger partial charge in [-0.15, -0.1) is 0 Å². The number of hydrogen-bond donors (Lipinski definition) is 1. The Balaban J connectivity index is 3.73. The average molecular weight is 205 g/mol. The van der Waals surface area contributed by atoms with Gasteiger partial charge in [0.05, 0.1) is 7.11 Å². The lowest BCUT2D eigenvalue weighted by Crippen LogP contribution is -2.37. The van der Waals surface area contributed by atoms with Crippen LogP contribution >= 0.6 is 11.8 Å². The van der Waals surface area contributed by atoms with Gasteiger partial charge in [0, 0.05) is 0 Å². The molecule has 0 saturated carbocycles. The van der Waals surface area contributed by atoms with E-state index in [0.717, 1.165) is 24.5 Å². The van der Waals surface area contributed by atoms with Crippen LogP contribution < -0.4 is 5.32 Å². The van der Waals surface area contributed by atoms with Crippen LogP contribution in [-0.2, 0) is 9.53 Å². The normalized spacial score (nSPS) is 12.5. The number of esters is 1. The predicted octanol–water partition coefficient (Wildman–Crippen LogP) is 1.28. The minimum Gasteiger partial charge on any atom is -0.468 e. The van der Waals surface area contributed by atoms with Crippen LogP contribution in [0.25, 0.3) is 0 Å². The number of ether oxygens (including phenoxy) is 1. The Labute approximate surface area is 84.6 Å². The summed E-state index contributed by atoms with van der Waals surface area (Å²) in [6.45, 7) is 4.91. The van der Waals surface area contributed by atoms with E-state index < -0.39 is 0 Å². The van der Waals surface area contributed by atoms with Crippen LogP contribution in [0.15, 0.2) is 0 Å². The first-order valence-corrected chi connectivity index (χ1v) is 5.80. The van der Waals surface area contributed by atoms with Crippen molar-refractivity contribution in [2.24, 2.45) is 0 Å². The number of carbonyl (C=O) groups is 1. The summed E-state index contributed by atoms with van der Waals surface area (Å²) in [6, 6.07) is -0.131. The number of carbonyl (C=O) groups excluding carboxylic acids is 1. The van der Waals surface area contributed by atoms with E-state index >= 15 is 0 Å². The van der Waals surface area contributed by atoms with Gasteiger partial charge in [0.1, 0.15) is 6.04 Å². The Morgan fingerprint density at radius 3 is 2.69 bits per heavy atom. The molecule has 0 aliphatic rings. The summed E-state index contributed by atoms with van der Waals surface area (Å²) in [4.78, 5) is 11.2. The van der Waals surface area contributed by atoms with Gasteiger partial charge < -0.3 is 10.1 Å². The smallest absolute Gasteiger partial charge is 0.322 e. The molecule has 0 spiro atoms. The van der Waals surface area contributed by atoms with E-state index in [1.807, 2.05) is 18.7 Å². The fraction of sp³-hybridized carbons (Fsp3) is 0.889. The number of hydrogen-bond acceptors (Lipinski definition) is 4. The molecule has 3 nitrogen and oxygen atoms in total. The Hall–Kier alpha value is -0.220. The topological polar surface area (TPSA) is 38.3 Å². The van der Waals surface area contributed by atoms with Crippen LogP contribution in [0.2, 0.25) is 0 Å². The summed E-state index contributed by atoms with van der Waals surface area (Å²) in [7, 11) is 1.43. The van der Waals surface area contributed by atoms with Gasteiger partial charge >= 0.3 is 5.97 Å². The van der Waals surface area contributed by atoms with Crippen LogP contribution in [0.3, 0.4) is 0 Å². The Kier molecular flexibility index (Phi) is 8.24. The highest BCUT2D eigenvalue weighted by Gasteiger charge is 2.16. The maximum Gasteiger partial charge on any atom is 0.322 e. The van der Waals surface area contributed by atoms with Gasteiger partial charge in [0.25, 0.3) is 0 Å². The highest BCUT2D eigenvalue weighted by molar-refractivity contribution is 7.99. The van der Waals surface area contributed by atoms with Crippen molar-refractivity contribution in [2.75, 3.05) is 25.2 Å². The Morgan fingerprint density at radius 2 is 2.23 bits per heavy atom. The van der Waals surface area contributed by atoms with E-state index in [2.05, 4.69) is 17.0 Å². The highest BCUT2D eigenvalue weighted by atomic mass is 32.2. The van der Waals surface area contributed by atoms with Crippen LogP contribution in [0.4, 0.5) is 0 Å². The zero-order chi connectivity index (χ0) is 10.1. The van der Waals surface area contributed by atoms with Crippen LogP contribution in [0.1, 0.15) is 20.3 Å². The molecular formula is C9H19NO2S. The number of nitrogens with one attached hydrogen (secondary N) is 1.